The molecule has 0 aliphatic carbocycles. The van der Waals surface area contributed by atoms with Crippen LogP contribution in [0.25, 0.3) is 0 Å². The molecule has 8 nitrogen and oxygen atoms in total. The van der Waals surface area contributed by atoms with Gasteiger partial charge in [0, 0.05) is 13.0 Å². The molecule has 2 amide bonds. The lowest BCUT2D eigenvalue weighted by Gasteiger charge is -2.18. The van der Waals surface area contributed by atoms with Crippen LogP contribution in [0.4, 0.5) is 0 Å². The summed E-state index contributed by atoms with van der Waals surface area (Å²) in [7, 11) is 0. The Kier molecular flexibility index (Phi) is 8.22. The Balaban J connectivity index is 1.94. The molecule has 1 heterocycles. The van der Waals surface area contributed by atoms with Gasteiger partial charge in [0.05, 0.1) is 6.61 Å². The fraction of sp³-hybridized carbons (Fsp3) is 0.526. The van der Waals surface area contributed by atoms with Crippen molar-refractivity contribution in [1.82, 2.24) is 10.6 Å². The zero-order valence-corrected chi connectivity index (χ0v) is 15.5. The normalized spacial score (nSPS) is 19.0. The maximum absolute atomic E-state index is 12.5. The third-order valence-electron chi connectivity index (χ3n) is 4.11. The fourth-order valence-electron chi connectivity index (χ4n) is 2.63. The fourth-order valence-corrected chi connectivity index (χ4v) is 2.63. The molecule has 1 saturated heterocycles. The van der Waals surface area contributed by atoms with Crippen LogP contribution < -0.4 is 16.4 Å². The van der Waals surface area contributed by atoms with E-state index in [0.717, 1.165) is 18.4 Å². The van der Waals surface area contributed by atoms with Crippen molar-refractivity contribution in [2.45, 2.75) is 44.4 Å². The quantitative estimate of drug-likeness (QED) is 0.281. The van der Waals surface area contributed by atoms with E-state index < -0.39 is 30.1 Å². The van der Waals surface area contributed by atoms with Gasteiger partial charge < -0.3 is 25.8 Å². The monoisotopic (exact) mass is 377 g/mol. The maximum Gasteiger partial charge on any atom is 0.338 e. The molecule has 1 aromatic carbocycles. The molecule has 2 rings (SSSR count). The first-order valence-electron chi connectivity index (χ1n) is 9.21. The summed E-state index contributed by atoms with van der Waals surface area (Å²) >= 11 is 0. The Morgan fingerprint density at radius 3 is 2.59 bits per heavy atom. The zero-order valence-electron chi connectivity index (χ0n) is 15.5. The maximum atomic E-state index is 12.5. The van der Waals surface area contributed by atoms with Crippen molar-refractivity contribution in [3.63, 3.8) is 0 Å². The molecule has 1 aromatic rings. The van der Waals surface area contributed by atoms with E-state index in [9.17, 15) is 14.4 Å². The molecule has 4 N–H and O–H groups in total. The highest BCUT2D eigenvalue weighted by molar-refractivity contribution is 5.95. The summed E-state index contributed by atoms with van der Waals surface area (Å²) in [5, 5.41) is 5.50. The van der Waals surface area contributed by atoms with Crippen LogP contribution in [0.15, 0.2) is 30.3 Å². The average Bonchev–Trinajstić information content (AvgIpc) is 3.47. The van der Waals surface area contributed by atoms with Gasteiger partial charge >= 0.3 is 5.97 Å². The van der Waals surface area contributed by atoms with Crippen molar-refractivity contribution < 1.29 is 23.9 Å². The van der Waals surface area contributed by atoms with Gasteiger partial charge in [0.1, 0.15) is 6.04 Å². The van der Waals surface area contributed by atoms with Gasteiger partial charge in [-0.2, -0.15) is 0 Å². The van der Waals surface area contributed by atoms with Crippen molar-refractivity contribution in [2.75, 3.05) is 19.7 Å². The number of carbonyl (C=O) groups excluding carboxylic acids is 3. The van der Waals surface area contributed by atoms with E-state index in [-0.39, 0.29) is 12.5 Å². The summed E-state index contributed by atoms with van der Waals surface area (Å²) in [4.78, 5) is 36.5. The predicted molar refractivity (Wildman–Crippen MR) is 98.7 cm³/mol. The summed E-state index contributed by atoms with van der Waals surface area (Å²) in [6.07, 6.45) is 0.117. The number of epoxide rings is 1. The number of hydrogen-bond donors (Lipinski definition) is 3. The first kappa shape index (κ1) is 20.9. The summed E-state index contributed by atoms with van der Waals surface area (Å²) < 4.78 is 9.94. The summed E-state index contributed by atoms with van der Waals surface area (Å²) in [6.45, 7) is 2.95. The van der Waals surface area contributed by atoms with Crippen molar-refractivity contribution in [3.8, 4) is 0 Å². The Morgan fingerprint density at radius 1 is 1.19 bits per heavy atom. The minimum Gasteiger partial charge on any atom is -0.464 e. The van der Waals surface area contributed by atoms with E-state index >= 15 is 0 Å². The summed E-state index contributed by atoms with van der Waals surface area (Å²) in [5.41, 5.74) is 6.37. The van der Waals surface area contributed by atoms with Gasteiger partial charge in [-0.05, 0) is 31.9 Å². The molecule has 3 atom stereocenters. The lowest BCUT2D eigenvalue weighted by atomic mass is 10.0. The van der Waals surface area contributed by atoms with Crippen molar-refractivity contribution >= 4 is 17.8 Å². The average molecular weight is 377 g/mol. The van der Waals surface area contributed by atoms with Crippen molar-refractivity contribution in [3.05, 3.63) is 35.9 Å². The molecule has 148 valence electrons. The third-order valence-corrected chi connectivity index (χ3v) is 4.11. The number of nitrogens with one attached hydrogen (secondary N) is 2. The van der Waals surface area contributed by atoms with E-state index in [1.807, 2.05) is 30.3 Å². The zero-order chi connectivity index (χ0) is 19.6. The SMILES string of the molecule is CCOC(=O)[C@H]1O[C@@H]1C(=O)N[C@@H](Cc1ccccc1)C(=O)NCCCCN. The molecule has 8 heteroatoms. The van der Waals surface area contributed by atoms with Gasteiger partial charge in [-0.1, -0.05) is 30.3 Å². The largest absolute Gasteiger partial charge is 0.464 e. The van der Waals surface area contributed by atoms with Crippen LogP contribution in [0.1, 0.15) is 25.3 Å². The lowest BCUT2D eigenvalue weighted by molar-refractivity contribution is -0.144. The van der Waals surface area contributed by atoms with Crippen LogP contribution >= 0.6 is 0 Å². The molecule has 27 heavy (non-hydrogen) atoms. The number of hydrogen-bond acceptors (Lipinski definition) is 6. The van der Waals surface area contributed by atoms with Gasteiger partial charge in [0.25, 0.3) is 5.91 Å². The molecule has 1 aliphatic heterocycles. The van der Waals surface area contributed by atoms with Crippen molar-refractivity contribution in [2.24, 2.45) is 5.73 Å². The number of rotatable bonds is 11. The highest BCUT2D eigenvalue weighted by Crippen LogP contribution is 2.23. The Hall–Kier alpha value is -2.45. The Morgan fingerprint density at radius 2 is 1.93 bits per heavy atom. The van der Waals surface area contributed by atoms with Crippen LogP contribution in [-0.4, -0.2) is 55.7 Å². The molecule has 1 aliphatic rings. The number of nitrogens with two attached hydrogens (primary N) is 1. The van der Waals surface area contributed by atoms with E-state index in [4.69, 9.17) is 15.2 Å². The highest BCUT2D eigenvalue weighted by Gasteiger charge is 2.52. The number of carbonyl (C=O) groups is 3. The summed E-state index contributed by atoms with van der Waals surface area (Å²) in [5.74, 6) is -1.34. The molecular weight excluding hydrogens is 350 g/mol. The second kappa shape index (κ2) is 10.6. The van der Waals surface area contributed by atoms with E-state index in [1.54, 1.807) is 6.92 Å². The number of esters is 1. The first-order valence-corrected chi connectivity index (χ1v) is 9.21. The Bertz CT molecular complexity index is 637. The standard InChI is InChI=1S/C19H27N3O5/c1-2-26-19(25)16-15(27-16)18(24)22-14(12-13-8-4-3-5-9-13)17(23)21-11-7-6-10-20/h3-5,8-9,14-16H,2,6-7,10-12,20H2,1H3,(H,21,23)(H,22,24)/t14-,15-,16-/m0/s1. The van der Waals surface area contributed by atoms with Crippen LogP contribution in [0.2, 0.25) is 0 Å². The van der Waals surface area contributed by atoms with Gasteiger partial charge in [0.2, 0.25) is 5.91 Å². The van der Waals surface area contributed by atoms with Gasteiger partial charge in [0.15, 0.2) is 12.2 Å². The minimum atomic E-state index is -0.910. The van der Waals surface area contributed by atoms with Crippen LogP contribution in [0, 0.1) is 0 Å². The highest BCUT2D eigenvalue weighted by atomic mass is 16.6. The van der Waals surface area contributed by atoms with E-state index in [0.29, 0.717) is 19.5 Å². The van der Waals surface area contributed by atoms with Crippen LogP contribution in [-0.2, 0) is 30.3 Å². The van der Waals surface area contributed by atoms with Gasteiger partial charge in [-0.25, -0.2) is 4.79 Å². The number of amides is 2. The Labute approximate surface area is 158 Å². The van der Waals surface area contributed by atoms with E-state index in [2.05, 4.69) is 10.6 Å². The second-order valence-electron chi connectivity index (χ2n) is 6.27. The lowest BCUT2D eigenvalue weighted by Crippen LogP contribution is -2.49. The smallest absolute Gasteiger partial charge is 0.338 e. The van der Waals surface area contributed by atoms with E-state index in [1.165, 1.54) is 0 Å². The first-order chi connectivity index (χ1) is 13.1. The molecule has 0 spiro atoms. The number of ether oxygens (including phenoxy) is 2. The third kappa shape index (κ3) is 6.65. The number of benzene rings is 1. The van der Waals surface area contributed by atoms with Crippen LogP contribution in [0.3, 0.4) is 0 Å². The topological polar surface area (TPSA) is 123 Å². The molecule has 0 saturated carbocycles. The van der Waals surface area contributed by atoms with Gasteiger partial charge in [-0.15, -0.1) is 0 Å². The molecule has 1 fully saturated rings. The molecule has 0 aromatic heterocycles. The predicted octanol–water partition coefficient (Wildman–Crippen LogP) is -0.100. The van der Waals surface area contributed by atoms with Crippen LogP contribution in [0.5, 0.6) is 0 Å². The molecule has 0 radical (unpaired) electrons. The minimum absolute atomic E-state index is 0.217. The molecule has 0 bridgehead atoms. The second-order valence-corrected chi connectivity index (χ2v) is 6.27. The molecule has 0 unspecified atom stereocenters. The number of unbranched alkanes of at least 4 members (excludes halogenated alkanes) is 1. The molecular formula is C19H27N3O5. The van der Waals surface area contributed by atoms with Crippen molar-refractivity contribution in [1.29, 1.82) is 0 Å². The summed E-state index contributed by atoms with van der Waals surface area (Å²) in [6, 6.07) is 8.63. The van der Waals surface area contributed by atoms with Gasteiger partial charge in [-0.3, -0.25) is 9.59 Å².